The number of rotatable bonds is 9. The molecule has 2 unspecified atom stereocenters. The second kappa shape index (κ2) is 9.25. The Morgan fingerprint density at radius 1 is 1.11 bits per heavy atom. The Labute approximate surface area is 124 Å². The van der Waals surface area contributed by atoms with Gasteiger partial charge in [0.1, 0.15) is 0 Å². The highest BCUT2D eigenvalue weighted by molar-refractivity contribution is 7.99. The standard InChI is InChI=1S/C16H34N2S/c1-13(2)5-8-18(9-6-14(3)4)16(11-17)15-7-10-19-12-15/h13-16H,5-12,17H2,1-4H3. The van der Waals surface area contributed by atoms with Gasteiger partial charge in [-0.2, -0.15) is 11.8 Å². The SMILES string of the molecule is CC(C)CCN(CCC(C)C)C(CN)C1CCSC1. The molecule has 0 aromatic rings. The molecule has 1 heterocycles. The van der Waals surface area contributed by atoms with Crippen molar-refractivity contribution in [1.82, 2.24) is 4.90 Å². The minimum atomic E-state index is 0.618. The zero-order valence-corrected chi connectivity index (χ0v) is 14.2. The first-order valence-electron chi connectivity index (χ1n) is 8.06. The zero-order valence-electron chi connectivity index (χ0n) is 13.4. The third-order valence-corrected chi connectivity index (χ3v) is 5.40. The highest BCUT2D eigenvalue weighted by Crippen LogP contribution is 2.29. The molecule has 1 aliphatic rings. The van der Waals surface area contributed by atoms with Crippen LogP contribution in [0.2, 0.25) is 0 Å². The van der Waals surface area contributed by atoms with Crippen molar-refractivity contribution in [1.29, 1.82) is 0 Å². The molecule has 0 aliphatic carbocycles. The molecule has 0 bridgehead atoms. The molecular weight excluding hydrogens is 252 g/mol. The van der Waals surface area contributed by atoms with Crippen molar-refractivity contribution in [3.05, 3.63) is 0 Å². The topological polar surface area (TPSA) is 29.3 Å². The highest BCUT2D eigenvalue weighted by Gasteiger charge is 2.29. The van der Waals surface area contributed by atoms with Gasteiger partial charge in [0.25, 0.3) is 0 Å². The van der Waals surface area contributed by atoms with E-state index in [0.29, 0.717) is 6.04 Å². The van der Waals surface area contributed by atoms with E-state index in [1.807, 2.05) is 0 Å². The summed E-state index contributed by atoms with van der Waals surface area (Å²) in [6, 6.07) is 0.618. The van der Waals surface area contributed by atoms with Gasteiger partial charge in [0.15, 0.2) is 0 Å². The minimum Gasteiger partial charge on any atom is -0.329 e. The van der Waals surface area contributed by atoms with Gasteiger partial charge in [0.05, 0.1) is 0 Å². The Kier molecular flexibility index (Phi) is 8.43. The number of thioether (sulfide) groups is 1. The average molecular weight is 287 g/mol. The lowest BCUT2D eigenvalue weighted by Crippen LogP contribution is -2.47. The smallest absolute Gasteiger partial charge is 0.0254 e. The van der Waals surface area contributed by atoms with E-state index in [1.165, 1.54) is 43.9 Å². The van der Waals surface area contributed by atoms with Gasteiger partial charge in [-0.3, -0.25) is 4.90 Å². The molecule has 1 saturated heterocycles. The van der Waals surface area contributed by atoms with Crippen LogP contribution in [0.15, 0.2) is 0 Å². The fourth-order valence-corrected chi connectivity index (χ4v) is 4.12. The lowest BCUT2D eigenvalue weighted by atomic mass is 9.96. The van der Waals surface area contributed by atoms with E-state index in [2.05, 4.69) is 44.4 Å². The quantitative estimate of drug-likeness (QED) is 0.704. The molecule has 19 heavy (non-hydrogen) atoms. The molecule has 2 nitrogen and oxygen atoms in total. The van der Waals surface area contributed by atoms with Crippen LogP contribution in [0.4, 0.5) is 0 Å². The molecular formula is C16H34N2S. The summed E-state index contributed by atoms with van der Waals surface area (Å²) in [4.78, 5) is 2.70. The van der Waals surface area contributed by atoms with Gasteiger partial charge >= 0.3 is 0 Å². The van der Waals surface area contributed by atoms with E-state index in [4.69, 9.17) is 5.73 Å². The maximum atomic E-state index is 6.12. The molecule has 2 N–H and O–H groups in total. The molecule has 1 fully saturated rings. The normalized spacial score (nSPS) is 21.8. The van der Waals surface area contributed by atoms with Gasteiger partial charge in [0, 0.05) is 12.6 Å². The second-order valence-corrected chi connectivity index (χ2v) is 7.98. The Bertz CT molecular complexity index is 213. The molecule has 0 aromatic carbocycles. The molecule has 3 heteroatoms. The van der Waals surface area contributed by atoms with Crippen LogP contribution in [0, 0.1) is 17.8 Å². The summed E-state index contributed by atoms with van der Waals surface area (Å²) in [6.45, 7) is 12.6. The Balaban J connectivity index is 2.56. The maximum absolute atomic E-state index is 6.12. The van der Waals surface area contributed by atoms with Crippen LogP contribution in [-0.4, -0.2) is 42.1 Å². The Morgan fingerprint density at radius 2 is 1.68 bits per heavy atom. The first kappa shape index (κ1) is 17.3. The second-order valence-electron chi connectivity index (χ2n) is 6.83. The third-order valence-electron chi connectivity index (χ3n) is 4.21. The lowest BCUT2D eigenvalue weighted by Gasteiger charge is -2.35. The minimum absolute atomic E-state index is 0.618. The first-order chi connectivity index (χ1) is 9.04. The van der Waals surface area contributed by atoms with E-state index in [9.17, 15) is 0 Å². The van der Waals surface area contributed by atoms with Crippen LogP contribution < -0.4 is 5.73 Å². The fraction of sp³-hybridized carbons (Fsp3) is 1.00. The van der Waals surface area contributed by atoms with Crippen molar-refractivity contribution in [3.8, 4) is 0 Å². The third kappa shape index (κ3) is 6.50. The van der Waals surface area contributed by atoms with Crippen LogP contribution in [-0.2, 0) is 0 Å². The molecule has 2 atom stereocenters. The molecule has 1 rings (SSSR count). The van der Waals surface area contributed by atoms with Gasteiger partial charge in [-0.15, -0.1) is 0 Å². The lowest BCUT2D eigenvalue weighted by molar-refractivity contribution is 0.140. The van der Waals surface area contributed by atoms with E-state index in [0.717, 1.165) is 24.3 Å². The zero-order chi connectivity index (χ0) is 14.3. The first-order valence-corrected chi connectivity index (χ1v) is 9.21. The molecule has 0 saturated carbocycles. The van der Waals surface area contributed by atoms with E-state index in [-0.39, 0.29) is 0 Å². The number of nitrogens with two attached hydrogens (primary N) is 1. The van der Waals surface area contributed by atoms with Crippen molar-refractivity contribution in [2.45, 2.75) is 53.0 Å². The Hall–Kier alpha value is 0.270. The summed E-state index contributed by atoms with van der Waals surface area (Å²) in [6.07, 6.45) is 3.97. The van der Waals surface area contributed by atoms with Gasteiger partial charge in [-0.1, -0.05) is 27.7 Å². The molecule has 114 valence electrons. The summed E-state index contributed by atoms with van der Waals surface area (Å²) in [5.74, 6) is 5.07. The molecule has 0 aromatic heterocycles. The van der Waals surface area contributed by atoms with Crippen molar-refractivity contribution >= 4 is 11.8 Å². The van der Waals surface area contributed by atoms with Crippen molar-refractivity contribution in [2.75, 3.05) is 31.1 Å². The van der Waals surface area contributed by atoms with Crippen LogP contribution in [0.5, 0.6) is 0 Å². The van der Waals surface area contributed by atoms with Crippen LogP contribution in [0.25, 0.3) is 0 Å². The predicted molar refractivity (Wildman–Crippen MR) is 88.8 cm³/mol. The van der Waals surface area contributed by atoms with E-state index in [1.54, 1.807) is 0 Å². The fourth-order valence-electron chi connectivity index (χ4n) is 2.79. The van der Waals surface area contributed by atoms with Gasteiger partial charge in [-0.25, -0.2) is 0 Å². The van der Waals surface area contributed by atoms with Gasteiger partial charge in [-0.05, 0) is 61.6 Å². The van der Waals surface area contributed by atoms with Crippen LogP contribution in [0.1, 0.15) is 47.0 Å². The Morgan fingerprint density at radius 3 is 2.05 bits per heavy atom. The van der Waals surface area contributed by atoms with E-state index < -0.39 is 0 Å². The monoisotopic (exact) mass is 286 g/mol. The van der Waals surface area contributed by atoms with Crippen LogP contribution in [0.3, 0.4) is 0 Å². The predicted octanol–water partition coefficient (Wildman–Crippen LogP) is 3.46. The molecule has 1 aliphatic heterocycles. The maximum Gasteiger partial charge on any atom is 0.0254 e. The number of hydrogen-bond donors (Lipinski definition) is 1. The molecule has 0 radical (unpaired) electrons. The molecule has 0 spiro atoms. The van der Waals surface area contributed by atoms with Gasteiger partial charge < -0.3 is 5.73 Å². The van der Waals surface area contributed by atoms with Crippen molar-refractivity contribution in [3.63, 3.8) is 0 Å². The van der Waals surface area contributed by atoms with Gasteiger partial charge in [0.2, 0.25) is 0 Å². The highest BCUT2D eigenvalue weighted by atomic mass is 32.2. The largest absolute Gasteiger partial charge is 0.329 e. The van der Waals surface area contributed by atoms with E-state index >= 15 is 0 Å². The summed E-state index contributed by atoms with van der Waals surface area (Å²) in [7, 11) is 0. The summed E-state index contributed by atoms with van der Waals surface area (Å²) in [5, 5.41) is 0. The summed E-state index contributed by atoms with van der Waals surface area (Å²) >= 11 is 2.11. The average Bonchev–Trinajstić information content (AvgIpc) is 2.85. The van der Waals surface area contributed by atoms with Crippen molar-refractivity contribution in [2.24, 2.45) is 23.5 Å². The number of nitrogens with zero attached hydrogens (tertiary/aromatic N) is 1. The summed E-state index contributed by atoms with van der Waals surface area (Å²) in [5.41, 5.74) is 6.12. The van der Waals surface area contributed by atoms with Crippen LogP contribution >= 0.6 is 11.8 Å². The summed E-state index contributed by atoms with van der Waals surface area (Å²) < 4.78 is 0. The molecule has 0 amide bonds. The number of hydrogen-bond acceptors (Lipinski definition) is 3. The van der Waals surface area contributed by atoms with Crippen molar-refractivity contribution < 1.29 is 0 Å².